The molecule has 0 spiro atoms. The van der Waals surface area contributed by atoms with E-state index >= 15 is 0 Å². The molecule has 1 aromatic rings. The number of nitrogen functional groups attached to an aromatic ring is 1. The topological polar surface area (TPSA) is 98.1 Å². The van der Waals surface area contributed by atoms with Gasteiger partial charge in [-0.2, -0.15) is 4.98 Å². The fourth-order valence-corrected chi connectivity index (χ4v) is 2.75. The van der Waals surface area contributed by atoms with Crippen molar-refractivity contribution in [3.05, 3.63) is 10.7 Å². The fraction of sp³-hybridized carbons (Fsp3) is 0.545. The molecule has 0 atom stereocenters. The van der Waals surface area contributed by atoms with Crippen molar-refractivity contribution >= 4 is 33.6 Å². The third-order valence-corrected chi connectivity index (χ3v) is 3.67. The molecule has 1 saturated carbocycles. The number of primary amides is 1. The van der Waals surface area contributed by atoms with Crippen molar-refractivity contribution in [2.75, 3.05) is 17.2 Å². The monoisotopic (exact) mass is 313 g/mol. The van der Waals surface area contributed by atoms with E-state index in [1.165, 1.54) is 0 Å². The van der Waals surface area contributed by atoms with Gasteiger partial charge in [0.1, 0.15) is 5.82 Å². The Morgan fingerprint density at radius 1 is 1.50 bits per heavy atom. The minimum absolute atomic E-state index is 0.152. The maximum absolute atomic E-state index is 11.2. The third kappa shape index (κ3) is 2.90. The molecule has 6 nitrogen and oxygen atoms in total. The van der Waals surface area contributed by atoms with Crippen molar-refractivity contribution < 1.29 is 4.79 Å². The first-order chi connectivity index (χ1) is 8.58. The first-order valence-corrected chi connectivity index (χ1v) is 6.70. The average Bonchev–Trinajstić information content (AvgIpc) is 2.82. The van der Waals surface area contributed by atoms with Crippen LogP contribution in [0.5, 0.6) is 0 Å². The lowest BCUT2D eigenvalue weighted by atomic mass is 10.2. The summed E-state index contributed by atoms with van der Waals surface area (Å²) < 4.78 is 0.727. The van der Waals surface area contributed by atoms with E-state index in [0.717, 1.165) is 30.2 Å². The molecule has 7 heteroatoms. The highest BCUT2D eigenvalue weighted by Gasteiger charge is 2.26. The van der Waals surface area contributed by atoms with Gasteiger partial charge in [-0.1, -0.05) is 12.8 Å². The highest BCUT2D eigenvalue weighted by Crippen LogP contribution is 2.31. The molecule has 98 valence electrons. The zero-order valence-corrected chi connectivity index (χ0v) is 11.6. The molecule has 1 fully saturated rings. The van der Waals surface area contributed by atoms with E-state index in [-0.39, 0.29) is 18.4 Å². The van der Waals surface area contributed by atoms with Crippen molar-refractivity contribution in [3.8, 4) is 0 Å². The molecule has 0 unspecified atom stereocenters. The van der Waals surface area contributed by atoms with E-state index in [0.29, 0.717) is 11.9 Å². The highest BCUT2D eigenvalue weighted by atomic mass is 79.9. The van der Waals surface area contributed by atoms with Crippen molar-refractivity contribution in [1.82, 2.24) is 9.97 Å². The van der Waals surface area contributed by atoms with Gasteiger partial charge in [-0.15, -0.1) is 0 Å². The number of carbonyl (C=O) groups excluding carboxylic acids is 1. The second-order valence-corrected chi connectivity index (χ2v) is 5.29. The summed E-state index contributed by atoms with van der Waals surface area (Å²) in [7, 11) is 0. The van der Waals surface area contributed by atoms with Crippen LogP contribution in [-0.4, -0.2) is 28.5 Å². The van der Waals surface area contributed by atoms with Gasteiger partial charge in [0.2, 0.25) is 11.9 Å². The zero-order valence-electron chi connectivity index (χ0n) is 9.97. The van der Waals surface area contributed by atoms with Gasteiger partial charge < -0.3 is 16.4 Å². The summed E-state index contributed by atoms with van der Waals surface area (Å²) in [5.74, 6) is 0.472. The smallest absolute Gasteiger partial charge is 0.237 e. The Morgan fingerprint density at radius 3 is 2.78 bits per heavy atom. The molecular weight excluding hydrogens is 298 g/mol. The summed E-state index contributed by atoms with van der Waals surface area (Å²) in [4.78, 5) is 21.3. The van der Waals surface area contributed by atoms with Crippen LogP contribution >= 0.6 is 15.9 Å². The van der Waals surface area contributed by atoms with Crippen LogP contribution in [-0.2, 0) is 4.79 Å². The van der Waals surface area contributed by atoms with Gasteiger partial charge in [-0.05, 0) is 28.8 Å². The molecule has 1 aromatic heterocycles. The maximum atomic E-state index is 11.2. The predicted molar refractivity (Wildman–Crippen MR) is 72.9 cm³/mol. The van der Waals surface area contributed by atoms with E-state index in [4.69, 9.17) is 11.5 Å². The van der Waals surface area contributed by atoms with Crippen LogP contribution in [0.4, 0.5) is 11.8 Å². The summed E-state index contributed by atoms with van der Waals surface area (Å²) in [6.45, 7) is 0.152. The van der Waals surface area contributed by atoms with Crippen LogP contribution in [0.3, 0.4) is 0 Å². The minimum Gasteiger partial charge on any atom is -0.368 e. The summed E-state index contributed by atoms with van der Waals surface area (Å²) in [5, 5.41) is 0. The van der Waals surface area contributed by atoms with Crippen molar-refractivity contribution in [2.45, 2.75) is 31.7 Å². The number of nitrogens with zero attached hydrogens (tertiary/aromatic N) is 3. The van der Waals surface area contributed by atoms with Crippen LogP contribution in [0.15, 0.2) is 10.7 Å². The number of amides is 1. The predicted octanol–water partition coefficient (Wildman–Crippen LogP) is 1.06. The van der Waals surface area contributed by atoms with Gasteiger partial charge >= 0.3 is 0 Å². The van der Waals surface area contributed by atoms with Crippen molar-refractivity contribution in [2.24, 2.45) is 5.73 Å². The van der Waals surface area contributed by atoms with Gasteiger partial charge in [-0.3, -0.25) is 4.79 Å². The van der Waals surface area contributed by atoms with Crippen LogP contribution < -0.4 is 16.4 Å². The molecule has 1 aliphatic rings. The highest BCUT2D eigenvalue weighted by molar-refractivity contribution is 9.10. The Hall–Kier alpha value is -1.37. The number of hydrogen-bond donors (Lipinski definition) is 2. The number of hydrogen-bond acceptors (Lipinski definition) is 5. The molecule has 1 amide bonds. The molecule has 0 radical (unpaired) electrons. The lowest BCUT2D eigenvalue weighted by Crippen LogP contribution is -2.41. The van der Waals surface area contributed by atoms with Crippen LogP contribution in [0, 0.1) is 0 Å². The molecular formula is C11H16BrN5O. The second-order valence-electron chi connectivity index (χ2n) is 4.43. The normalized spacial score (nSPS) is 15.8. The average molecular weight is 314 g/mol. The first-order valence-electron chi connectivity index (χ1n) is 5.91. The Bertz CT molecular complexity index is 447. The number of nitrogens with two attached hydrogens (primary N) is 2. The standard InChI is InChI=1S/C11H16BrN5O/c12-8-5-15-11(14)16-10(8)17(6-9(13)18)7-3-1-2-4-7/h5,7H,1-4,6H2,(H2,13,18)(H2,14,15,16). The van der Waals surface area contributed by atoms with Gasteiger partial charge in [-0.25, -0.2) is 4.98 Å². The van der Waals surface area contributed by atoms with Gasteiger partial charge in [0.25, 0.3) is 0 Å². The zero-order chi connectivity index (χ0) is 13.1. The fourth-order valence-electron chi connectivity index (χ4n) is 2.33. The Balaban J connectivity index is 2.31. The van der Waals surface area contributed by atoms with Crippen LogP contribution in [0.1, 0.15) is 25.7 Å². The summed E-state index contributed by atoms with van der Waals surface area (Å²) in [6, 6.07) is 0.295. The van der Waals surface area contributed by atoms with Gasteiger partial charge in [0.05, 0.1) is 11.0 Å². The number of halogens is 1. The van der Waals surface area contributed by atoms with E-state index < -0.39 is 0 Å². The lowest BCUT2D eigenvalue weighted by Gasteiger charge is -2.29. The second kappa shape index (κ2) is 5.51. The first kappa shape index (κ1) is 13.1. The minimum atomic E-state index is -0.369. The molecule has 0 bridgehead atoms. The van der Waals surface area contributed by atoms with E-state index in [9.17, 15) is 4.79 Å². The van der Waals surface area contributed by atoms with E-state index in [1.807, 2.05) is 4.90 Å². The van der Waals surface area contributed by atoms with Gasteiger partial charge in [0, 0.05) is 12.2 Å². The third-order valence-electron chi connectivity index (χ3n) is 3.11. The van der Waals surface area contributed by atoms with Crippen LogP contribution in [0.2, 0.25) is 0 Å². The Kier molecular flexibility index (Phi) is 4.00. The van der Waals surface area contributed by atoms with Crippen LogP contribution in [0.25, 0.3) is 0 Å². The summed E-state index contributed by atoms with van der Waals surface area (Å²) in [5.41, 5.74) is 10.9. The molecule has 0 aromatic carbocycles. The molecule has 1 aliphatic carbocycles. The summed E-state index contributed by atoms with van der Waals surface area (Å²) in [6.07, 6.45) is 6.02. The number of rotatable bonds is 4. The molecule has 18 heavy (non-hydrogen) atoms. The molecule has 4 N–H and O–H groups in total. The SMILES string of the molecule is NC(=O)CN(c1nc(N)ncc1Br)C1CCCC1. The van der Waals surface area contributed by atoms with E-state index in [2.05, 4.69) is 25.9 Å². The molecule has 1 heterocycles. The number of aromatic nitrogens is 2. The quantitative estimate of drug-likeness (QED) is 0.866. The lowest BCUT2D eigenvalue weighted by molar-refractivity contribution is -0.116. The number of carbonyl (C=O) groups is 1. The molecule has 0 saturated heterocycles. The Labute approximate surface area is 114 Å². The van der Waals surface area contributed by atoms with Gasteiger partial charge in [0.15, 0.2) is 0 Å². The summed E-state index contributed by atoms with van der Waals surface area (Å²) >= 11 is 3.39. The van der Waals surface area contributed by atoms with Crippen molar-refractivity contribution in [1.29, 1.82) is 0 Å². The van der Waals surface area contributed by atoms with Crippen molar-refractivity contribution in [3.63, 3.8) is 0 Å². The Morgan fingerprint density at radius 2 is 2.17 bits per heavy atom. The molecule has 2 rings (SSSR count). The van der Waals surface area contributed by atoms with E-state index in [1.54, 1.807) is 6.20 Å². The largest absolute Gasteiger partial charge is 0.368 e. The molecule has 0 aliphatic heterocycles. The number of anilines is 2. The maximum Gasteiger partial charge on any atom is 0.237 e.